The molecule has 34 heavy (non-hydrogen) atoms. The van der Waals surface area contributed by atoms with E-state index in [4.69, 9.17) is 14.1 Å². The van der Waals surface area contributed by atoms with Crippen molar-refractivity contribution in [2.75, 3.05) is 13.2 Å². The molecule has 1 atom stereocenters. The molecule has 1 fully saturated rings. The summed E-state index contributed by atoms with van der Waals surface area (Å²) in [7, 11) is 0. The molecule has 0 saturated carbocycles. The number of para-hydroxylation sites is 1. The fourth-order valence-corrected chi connectivity index (χ4v) is 5.79. The number of fused-ring (bicyclic) bond motifs is 2. The first-order valence-corrected chi connectivity index (χ1v) is 12.2. The lowest BCUT2D eigenvalue weighted by molar-refractivity contribution is 0.0467. The number of hydrogen-bond donors (Lipinski definition) is 0. The molecule has 0 spiro atoms. The highest BCUT2D eigenvalue weighted by atomic mass is 32.1. The van der Waals surface area contributed by atoms with Gasteiger partial charge in [-0.05, 0) is 44.0 Å². The Morgan fingerprint density at radius 3 is 2.82 bits per heavy atom. The largest absolute Gasteiger partial charge is 0.467 e. The summed E-state index contributed by atoms with van der Waals surface area (Å²) in [5.74, 6) is 0.921. The van der Waals surface area contributed by atoms with Crippen LogP contribution in [-0.2, 0) is 17.8 Å². The highest BCUT2D eigenvalue weighted by Gasteiger charge is 2.25. The van der Waals surface area contributed by atoms with Crippen LogP contribution in [0.5, 0.6) is 0 Å². The van der Waals surface area contributed by atoms with Crippen LogP contribution in [0.2, 0.25) is 0 Å². The molecule has 6 rings (SSSR count). The second-order valence-electron chi connectivity index (χ2n) is 8.74. The Kier molecular flexibility index (Phi) is 5.23. The molecule has 174 valence electrons. The lowest BCUT2D eigenvalue weighted by Gasteiger charge is -2.23. The van der Waals surface area contributed by atoms with Gasteiger partial charge in [0.05, 0.1) is 40.5 Å². The minimum absolute atomic E-state index is 0.170. The number of ether oxygens (including phenoxy) is 1. The zero-order valence-corrected chi connectivity index (χ0v) is 19.6. The highest BCUT2D eigenvalue weighted by Crippen LogP contribution is 2.27. The summed E-state index contributed by atoms with van der Waals surface area (Å²) in [6, 6.07) is 13.0. The van der Waals surface area contributed by atoms with E-state index in [0.717, 1.165) is 29.7 Å². The number of benzene rings is 1. The van der Waals surface area contributed by atoms with Gasteiger partial charge < -0.3 is 13.7 Å². The number of nitrogens with zero attached hydrogens (tertiary/aromatic N) is 4. The number of furan rings is 1. The second kappa shape index (κ2) is 8.41. The molecule has 0 amide bonds. The van der Waals surface area contributed by atoms with Crippen LogP contribution < -0.4 is 11.1 Å². The number of pyridine rings is 1. The maximum atomic E-state index is 13.9. The van der Waals surface area contributed by atoms with E-state index in [1.165, 1.54) is 11.3 Å². The standard InChI is InChI=1S/C25H24N4O4S/c1-16-23-20(12-22(30)27(16)14-18-7-5-11-33-18)28(13-17-6-4-10-32-15-17)29(24(23)31)25-26-19-8-2-3-9-21(19)34-25/h2-3,5,7-9,11-12,17H,4,6,10,13-15H2,1H3. The Morgan fingerprint density at radius 1 is 1.18 bits per heavy atom. The predicted molar refractivity (Wildman–Crippen MR) is 131 cm³/mol. The molecule has 1 aliphatic heterocycles. The Morgan fingerprint density at radius 2 is 2.06 bits per heavy atom. The van der Waals surface area contributed by atoms with Gasteiger partial charge in [0.1, 0.15) is 5.76 Å². The van der Waals surface area contributed by atoms with E-state index in [1.54, 1.807) is 27.6 Å². The van der Waals surface area contributed by atoms with E-state index >= 15 is 0 Å². The summed E-state index contributed by atoms with van der Waals surface area (Å²) >= 11 is 1.47. The van der Waals surface area contributed by atoms with Gasteiger partial charge in [0.25, 0.3) is 11.1 Å². The summed E-state index contributed by atoms with van der Waals surface area (Å²) in [5, 5.41) is 1.13. The van der Waals surface area contributed by atoms with Crippen molar-refractivity contribution in [1.82, 2.24) is 18.9 Å². The predicted octanol–water partition coefficient (Wildman–Crippen LogP) is 3.94. The maximum absolute atomic E-state index is 13.9. The zero-order valence-electron chi connectivity index (χ0n) is 18.8. The summed E-state index contributed by atoms with van der Waals surface area (Å²) in [5.41, 5.74) is 1.76. The summed E-state index contributed by atoms with van der Waals surface area (Å²) < 4.78 is 17.3. The Labute approximate surface area is 198 Å². The van der Waals surface area contributed by atoms with E-state index in [9.17, 15) is 9.59 Å². The van der Waals surface area contributed by atoms with E-state index < -0.39 is 0 Å². The fraction of sp³-hybridized carbons (Fsp3) is 0.320. The van der Waals surface area contributed by atoms with Crippen LogP contribution >= 0.6 is 11.3 Å². The lowest BCUT2D eigenvalue weighted by Crippen LogP contribution is -2.27. The number of aryl methyl sites for hydroxylation is 1. The van der Waals surface area contributed by atoms with Gasteiger partial charge >= 0.3 is 0 Å². The van der Waals surface area contributed by atoms with Crippen molar-refractivity contribution in [3.63, 3.8) is 0 Å². The van der Waals surface area contributed by atoms with Crippen molar-refractivity contribution in [2.45, 2.75) is 32.9 Å². The van der Waals surface area contributed by atoms with Gasteiger partial charge in [0.15, 0.2) is 0 Å². The molecule has 0 bridgehead atoms. The number of rotatable bonds is 5. The fourth-order valence-electron chi connectivity index (χ4n) is 4.82. The molecule has 1 aromatic carbocycles. The second-order valence-corrected chi connectivity index (χ2v) is 9.75. The van der Waals surface area contributed by atoms with E-state index in [0.29, 0.717) is 40.6 Å². The third-order valence-corrected chi connectivity index (χ3v) is 7.53. The first kappa shape index (κ1) is 21.1. The first-order chi connectivity index (χ1) is 16.6. The van der Waals surface area contributed by atoms with Crippen molar-refractivity contribution >= 4 is 32.5 Å². The topological polar surface area (TPSA) is 84.2 Å². The van der Waals surface area contributed by atoms with Gasteiger partial charge in [-0.15, -0.1) is 0 Å². The number of aromatic nitrogens is 4. The zero-order chi connectivity index (χ0) is 23.2. The molecular weight excluding hydrogens is 452 g/mol. The molecule has 9 heteroatoms. The SMILES string of the molecule is Cc1c2c(=O)n(-c3nc4ccccc4s3)n(CC3CCCOC3)c2cc(=O)n1Cc1ccco1. The minimum atomic E-state index is -0.170. The van der Waals surface area contributed by atoms with E-state index in [-0.39, 0.29) is 23.6 Å². The molecule has 8 nitrogen and oxygen atoms in total. The monoisotopic (exact) mass is 476 g/mol. The molecule has 0 aliphatic carbocycles. The van der Waals surface area contributed by atoms with Crippen molar-refractivity contribution in [2.24, 2.45) is 5.92 Å². The van der Waals surface area contributed by atoms with Crippen LogP contribution in [0.4, 0.5) is 0 Å². The van der Waals surface area contributed by atoms with Gasteiger partial charge in [-0.1, -0.05) is 23.5 Å². The third kappa shape index (κ3) is 3.52. The van der Waals surface area contributed by atoms with Gasteiger partial charge in [0.2, 0.25) is 5.13 Å². The van der Waals surface area contributed by atoms with Crippen LogP contribution in [0, 0.1) is 12.8 Å². The van der Waals surface area contributed by atoms with Crippen LogP contribution in [0.1, 0.15) is 24.3 Å². The molecule has 5 aromatic rings. The molecule has 0 radical (unpaired) electrons. The quantitative estimate of drug-likeness (QED) is 0.384. The average Bonchev–Trinajstić information content (AvgIpc) is 3.56. The van der Waals surface area contributed by atoms with Crippen LogP contribution in [0.15, 0.2) is 62.7 Å². The maximum Gasteiger partial charge on any atom is 0.283 e. The summed E-state index contributed by atoms with van der Waals surface area (Å²) in [4.78, 5) is 31.8. The van der Waals surface area contributed by atoms with Gasteiger partial charge in [0, 0.05) is 30.8 Å². The molecule has 1 unspecified atom stereocenters. The van der Waals surface area contributed by atoms with Gasteiger partial charge in [-0.25, -0.2) is 4.98 Å². The Balaban J connectivity index is 1.58. The van der Waals surface area contributed by atoms with E-state index in [1.807, 2.05) is 41.9 Å². The van der Waals surface area contributed by atoms with Crippen molar-refractivity contribution in [3.8, 4) is 5.13 Å². The van der Waals surface area contributed by atoms with Crippen molar-refractivity contribution in [1.29, 1.82) is 0 Å². The third-order valence-electron chi connectivity index (χ3n) is 6.52. The Bertz CT molecular complexity index is 1570. The van der Waals surface area contributed by atoms with Crippen LogP contribution in [0.3, 0.4) is 0 Å². The molecule has 1 aliphatic rings. The normalized spacial score (nSPS) is 16.6. The highest BCUT2D eigenvalue weighted by molar-refractivity contribution is 7.20. The van der Waals surface area contributed by atoms with Gasteiger partial charge in [-0.2, -0.15) is 4.68 Å². The van der Waals surface area contributed by atoms with Crippen LogP contribution in [-0.4, -0.2) is 32.1 Å². The van der Waals surface area contributed by atoms with Crippen LogP contribution in [0.25, 0.3) is 26.3 Å². The minimum Gasteiger partial charge on any atom is -0.467 e. The number of thiazole rings is 1. The van der Waals surface area contributed by atoms with Gasteiger partial charge in [-0.3, -0.25) is 14.3 Å². The Hall–Kier alpha value is -3.43. The number of hydrogen-bond acceptors (Lipinski definition) is 6. The van der Waals surface area contributed by atoms with Crippen molar-refractivity contribution < 1.29 is 9.15 Å². The lowest BCUT2D eigenvalue weighted by atomic mass is 10.0. The summed E-state index contributed by atoms with van der Waals surface area (Å²) in [6.45, 7) is 4.09. The summed E-state index contributed by atoms with van der Waals surface area (Å²) in [6.07, 6.45) is 3.59. The molecule has 1 saturated heterocycles. The average molecular weight is 477 g/mol. The molecule has 5 heterocycles. The first-order valence-electron chi connectivity index (χ1n) is 11.4. The molecule has 4 aromatic heterocycles. The van der Waals surface area contributed by atoms with E-state index in [2.05, 4.69) is 0 Å². The molecule has 0 N–H and O–H groups in total. The molecular formula is C25H24N4O4S. The smallest absolute Gasteiger partial charge is 0.283 e. The van der Waals surface area contributed by atoms with Crippen molar-refractivity contribution in [3.05, 3.63) is 80.9 Å².